The van der Waals surface area contributed by atoms with Gasteiger partial charge >= 0.3 is 0 Å². The SMILES string of the molecule is CCCCC(=O)Nc1ccc2oc(CCCC)c(C(=O)c3ccc(OCCCN(CCCC)CCCC)cc3)c2c1. The van der Waals surface area contributed by atoms with E-state index < -0.39 is 0 Å². The van der Waals surface area contributed by atoms with E-state index >= 15 is 0 Å². The predicted octanol–water partition coefficient (Wildman–Crippen LogP) is 8.81. The topological polar surface area (TPSA) is 71.8 Å². The van der Waals surface area contributed by atoms with Crippen molar-refractivity contribution in [3.05, 3.63) is 59.4 Å². The number of carbonyl (C=O) groups is 2. The van der Waals surface area contributed by atoms with E-state index in [1.807, 2.05) is 42.5 Å². The first kappa shape index (κ1) is 32.4. The first-order chi connectivity index (χ1) is 20.0. The highest BCUT2D eigenvalue weighted by Gasteiger charge is 2.22. The molecule has 0 atom stereocenters. The summed E-state index contributed by atoms with van der Waals surface area (Å²) in [5, 5.41) is 3.72. The molecule has 3 aromatic rings. The fraction of sp³-hybridized carbons (Fsp3) is 0.543. The van der Waals surface area contributed by atoms with Crippen LogP contribution >= 0.6 is 0 Å². The second-order valence-corrected chi connectivity index (χ2v) is 11.0. The summed E-state index contributed by atoms with van der Waals surface area (Å²) in [7, 11) is 0. The Hall–Kier alpha value is -3.12. The molecule has 0 spiro atoms. The van der Waals surface area contributed by atoms with Crippen LogP contribution in [-0.4, -0.2) is 42.8 Å². The van der Waals surface area contributed by atoms with Crippen molar-refractivity contribution in [1.82, 2.24) is 4.90 Å². The molecule has 3 rings (SSSR count). The van der Waals surface area contributed by atoms with E-state index in [2.05, 4.69) is 37.9 Å². The molecule has 0 unspecified atom stereocenters. The minimum atomic E-state index is -0.0710. The summed E-state index contributed by atoms with van der Waals surface area (Å²) in [5.74, 6) is 1.39. The Kier molecular flexibility index (Phi) is 13.9. The molecule has 6 heteroatoms. The zero-order valence-corrected chi connectivity index (χ0v) is 25.7. The Bertz CT molecular complexity index is 1210. The third kappa shape index (κ3) is 10.0. The summed E-state index contributed by atoms with van der Waals surface area (Å²) in [6.45, 7) is 12.7. The molecule has 1 heterocycles. The van der Waals surface area contributed by atoms with Crippen molar-refractivity contribution >= 4 is 28.3 Å². The van der Waals surface area contributed by atoms with Gasteiger partial charge in [-0.15, -0.1) is 0 Å². The molecule has 1 amide bonds. The number of furan rings is 1. The van der Waals surface area contributed by atoms with Crippen LogP contribution in [0.4, 0.5) is 5.69 Å². The maximum absolute atomic E-state index is 13.8. The number of benzene rings is 2. The van der Waals surface area contributed by atoms with Gasteiger partial charge in [0.25, 0.3) is 0 Å². The van der Waals surface area contributed by atoms with E-state index in [9.17, 15) is 9.59 Å². The largest absolute Gasteiger partial charge is 0.494 e. The van der Waals surface area contributed by atoms with Crippen LogP contribution in [-0.2, 0) is 11.2 Å². The Morgan fingerprint density at radius 1 is 0.805 bits per heavy atom. The van der Waals surface area contributed by atoms with Crippen LogP contribution in [0.5, 0.6) is 5.75 Å². The summed E-state index contributed by atoms with van der Waals surface area (Å²) in [6, 6.07) is 13.0. The van der Waals surface area contributed by atoms with Crippen LogP contribution in [0.2, 0.25) is 0 Å². The minimum absolute atomic E-state index is 0.0148. The van der Waals surface area contributed by atoms with Gasteiger partial charge in [0, 0.05) is 36.0 Å². The molecule has 0 saturated heterocycles. The van der Waals surface area contributed by atoms with Gasteiger partial charge in [-0.2, -0.15) is 0 Å². The van der Waals surface area contributed by atoms with E-state index in [0.29, 0.717) is 47.6 Å². The lowest BCUT2D eigenvalue weighted by molar-refractivity contribution is -0.116. The number of hydrogen-bond donors (Lipinski definition) is 1. The fourth-order valence-electron chi connectivity index (χ4n) is 4.97. The molecule has 0 bridgehead atoms. The van der Waals surface area contributed by atoms with E-state index in [4.69, 9.17) is 9.15 Å². The highest BCUT2D eigenvalue weighted by Crippen LogP contribution is 2.32. The Morgan fingerprint density at radius 2 is 1.46 bits per heavy atom. The zero-order chi connectivity index (χ0) is 29.5. The number of nitrogens with one attached hydrogen (secondary N) is 1. The maximum atomic E-state index is 13.8. The van der Waals surface area contributed by atoms with Gasteiger partial charge in [-0.1, -0.05) is 53.4 Å². The van der Waals surface area contributed by atoms with E-state index in [0.717, 1.165) is 62.9 Å². The number of unbranched alkanes of at least 4 members (excludes halogenated alkanes) is 4. The average Bonchev–Trinajstić information content (AvgIpc) is 3.35. The van der Waals surface area contributed by atoms with Gasteiger partial charge in [0.1, 0.15) is 17.1 Å². The number of nitrogens with zero attached hydrogens (tertiary/aromatic N) is 1. The second-order valence-electron chi connectivity index (χ2n) is 11.0. The minimum Gasteiger partial charge on any atom is -0.494 e. The zero-order valence-electron chi connectivity index (χ0n) is 25.7. The van der Waals surface area contributed by atoms with Crippen LogP contribution in [0.25, 0.3) is 11.0 Å². The van der Waals surface area contributed by atoms with Gasteiger partial charge in [0.15, 0.2) is 5.78 Å². The number of fused-ring (bicyclic) bond motifs is 1. The van der Waals surface area contributed by atoms with Crippen molar-refractivity contribution in [3.63, 3.8) is 0 Å². The molecule has 1 N–H and O–H groups in total. The number of rotatable bonds is 20. The quantitative estimate of drug-likeness (QED) is 0.110. The fourth-order valence-corrected chi connectivity index (χ4v) is 4.97. The first-order valence-corrected chi connectivity index (χ1v) is 15.9. The van der Waals surface area contributed by atoms with Crippen molar-refractivity contribution in [3.8, 4) is 5.75 Å². The number of hydrogen-bond acceptors (Lipinski definition) is 5. The van der Waals surface area contributed by atoms with Crippen LogP contribution in [0.15, 0.2) is 46.9 Å². The van der Waals surface area contributed by atoms with Gasteiger partial charge in [0.2, 0.25) is 5.91 Å². The van der Waals surface area contributed by atoms with Gasteiger partial charge in [0.05, 0.1) is 12.2 Å². The number of amides is 1. The van der Waals surface area contributed by atoms with Gasteiger partial charge in [-0.25, -0.2) is 0 Å². The molecule has 0 fully saturated rings. The third-order valence-corrected chi connectivity index (χ3v) is 7.45. The van der Waals surface area contributed by atoms with Crippen molar-refractivity contribution in [2.75, 3.05) is 31.6 Å². The number of ketones is 1. The smallest absolute Gasteiger partial charge is 0.224 e. The lowest BCUT2D eigenvalue weighted by Gasteiger charge is -2.21. The Balaban J connectivity index is 1.70. The first-order valence-electron chi connectivity index (χ1n) is 15.9. The van der Waals surface area contributed by atoms with Crippen LogP contribution in [0.1, 0.15) is 114 Å². The van der Waals surface area contributed by atoms with Gasteiger partial charge < -0.3 is 19.4 Å². The number of anilines is 1. The van der Waals surface area contributed by atoms with Crippen LogP contribution < -0.4 is 10.1 Å². The molecule has 0 saturated carbocycles. The van der Waals surface area contributed by atoms with Crippen LogP contribution in [0, 0.1) is 0 Å². The van der Waals surface area contributed by atoms with Crippen LogP contribution in [0.3, 0.4) is 0 Å². The molecule has 224 valence electrons. The number of aryl methyl sites for hydroxylation is 1. The molecule has 0 radical (unpaired) electrons. The van der Waals surface area contributed by atoms with Gasteiger partial charge in [-0.05, 0) is 87.7 Å². The summed E-state index contributed by atoms with van der Waals surface area (Å²) < 4.78 is 12.2. The highest BCUT2D eigenvalue weighted by atomic mass is 16.5. The maximum Gasteiger partial charge on any atom is 0.224 e. The standard InChI is InChI=1S/C35H50N2O4/c1-5-9-14-32-34(30-26-28(18-21-31(30)41-32)36-33(38)15-10-6-2)35(39)27-16-19-29(20-17-27)40-25-13-24-37(22-11-7-3)23-12-8-4/h16-21,26H,5-15,22-25H2,1-4H3,(H,36,38). The van der Waals surface area contributed by atoms with E-state index in [1.165, 1.54) is 25.7 Å². The lowest BCUT2D eigenvalue weighted by atomic mass is 9.98. The van der Waals surface area contributed by atoms with Crippen molar-refractivity contribution in [2.45, 2.75) is 98.3 Å². The van der Waals surface area contributed by atoms with Crippen molar-refractivity contribution in [2.24, 2.45) is 0 Å². The normalized spacial score (nSPS) is 11.3. The molecule has 0 aliphatic carbocycles. The summed E-state index contributed by atoms with van der Waals surface area (Å²) >= 11 is 0. The summed E-state index contributed by atoms with van der Waals surface area (Å²) in [6.07, 6.45) is 10.8. The average molecular weight is 563 g/mol. The highest BCUT2D eigenvalue weighted by molar-refractivity contribution is 6.17. The summed E-state index contributed by atoms with van der Waals surface area (Å²) in [5.41, 5.74) is 2.53. The molecule has 2 aromatic carbocycles. The second kappa shape index (κ2) is 17.6. The number of carbonyl (C=O) groups excluding carboxylic acids is 2. The molecular formula is C35H50N2O4. The molecule has 41 heavy (non-hydrogen) atoms. The monoisotopic (exact) mass is 562 g/mol. The molecule has 0 aliphatic heterocycles. The molecular weight excluding hydrogens is 512 g/mol. The predicted molar refractivity (Wildman–Crippen MR) is 169 cm³/mol. The third-order valence-electron chi connectivity index (χ3n) is 7.45. The Morgan fingerprint density at radius 3 is 2.12 bits per heavy atom. The van der Waals surface area contributed by atoms with Crippen molar-refractivity contribution in [1.29, 1.82) is 0 Å². The van der Waals surface area contributed by atoms with Crippen molar-refractivity contribution < 1.29 is 18.7 Å². The molecule has 0 aliphatic rings. The van der Waals surface area contributed by atoms with E-state index in [-0.39, 0.29) is 11.7 Å². The number of ether oxygens (including phenoxy) is 1. The van der Waals surface area contributed by atoms with Gasteiger partial charge in [-0.3, -0.25) is 9.59 Å². The lowest BCUT2D eigenvalue weighted by Crippen LogP contribution is -2.28. The summed E-state index contributed by atoms with van der Waals surface area (Å²) in [4.78, 5) is 28.7. The molecule has 6 nitrogen and oxygen atoms in total. The molecule has 1 aromatic heterocycles. The Labute approximate surface area is 246 Å². The van der Waals surface area contributed by atoms with E-state index in [1.54, 1.807) is 0 Å².